The molecule has 0 saturated carbocycles. The Labute approximate surface area is 347 Å². The normalized spacial score (nSPS) is 11.2. The number of hydrogen-bond donors (Lipinski definition) is 0. The summed E-state index contributed by atoms with van der Waals surface area (Å²) in [6, 6.07) is 36.1. The molecule has 0 unspecified atom stereocenters. The quantitative estimate of drug-likeness (QED) is 0.163. The van der Waals surface area contributed by atoms with E-state index in [2.05, 4.69) is 173 Å². The number of rotatable bonds is 11. The van der Waals surface area contributed by atoms with E-state index in [0.717, 1.165) is 0 Å². The van der Waals surface area contributed by atoms with Crippen LogP contribution < -0.4 is 56.9 Å². The van der Waals surface area contributed by atoms with Crippen LogP contribution in [0.3, 0.4) is 0 Å². The van der Waals surface area contributed by atoms with Gasteiger partial charge >= 0.3 is 0 Å². The molecule has 4 aromatic heterocycles. The van der Waals surface area contributed by atoms with E-state index < -0.39 is 20.5 Å². The van der Waals surface area contributed by atoms with Crippen LogP contribution in [0.2, 0.25) is 0 Å². The molecule has 0 spiro atoms. The maximum atomic E-state index is 8.49. The summed E-state index contributed by atoms with van der Waals surface area (Å²) in [5.74, 6) is 2.58. The van der Waals surface area contributed by atoms with Gasteiger partial charge in [0.2, 0.25) is 0 Å². The van der Waals surface area contributed by atoms with Gasteiger partial charge in [-0.2, -0.15) is 0 Å². The fourth-order valence-corrected chi connectivity index (χ4v) is 9.45. The van der Waals surface area contributed by atoms with Crippen molar-refractivity contribution in [1.82, 2.24) is 0 Å². The van der Waals surface area contributed by atoms with E-state index in [4.69, 9.17) is 37.3 Å². The molecule has 0 bridgehead atoms. The highest BCUT2D eigenvalue weighted by Crippen LogP contribution is 2.44. The first-order valence-corrected chi connectivity index (χ1v) is 22.1. The van der Waals surface area contributed by atoms with Gasteiger partial charge in [-0.3, -0.25) is 0 Å². The molecule has 0 N–H and O–H groups in total. The Morgan fingerprint density at radius 1 is 0.339 bits per heavy atom. The minimum atomic E-state index is -4.94. The second-order valence-electron chi connectivity index (χ2n) is 12.8. The molecular weight excluding hydrogens is 840 g/mol. The fraction of sp³-hybridized carbons (Fsp3) is 0.211. The molecule has 56 heavy (non-hydrogen) atoms. The molecule has 4 heterocycles. The second-order valence-corrected chi connectivity index (χ2v) is 18.6. The number of anilines is 4. The van der Waals surface area contributed by atoms with E-state index in [9.17, 15) is 0 Å². The van der Waals surface area contributed by atoms with Crippen LogP contribution in [-0.4, -0.2) is 56.4 Å². The lowest BCUT2D eigenvalue weighted by atomic mass is 9.92. The average molecular weight is 880 g/mol. The third-order valence-corrected chi connectivity index (χ3v) is 12.9. The van der Waals surface area contributed by atoms with Gasteiger partial charge in [0.1, 0.15) is 39.5 Å². The minimum absolute atomic E-state index is 1.22. The molecule has 18 heteroatoms. The van der Waals surface area contributed by atoms with Crippen molar-refractivity contribution >= 4 is 65.4 Å². The van der Waals surface area contributed by atoms with E-state index in [1.807, 2.05) is 45.3 Å². The molecule has 0 radical (unpaired) electrons. The zero-order valence-electron chi connectivity index (χ0n) is 31.7. The van der Waals surface area contributed by atoms with E-state index in [0.29, 0.717) is 0 Å². The van der Waals surface area contributed by atoms with Crippen molar-refractivity contribution < 1.29 is 57.8 Å². The Balaban J connectivity index is 0.000000620. The predicted octanol–water partition coefficient (Wildman–Crippen LogP) is 0.390. The number of nitrogens with zero attached hydrogens (tertiary/aromatic N) is 4. The third kappa shape index (κ3) is 13.3. The van der Waals surface area contributed by atoms with Gasteiger partial charge in [0.05, 0.1) is 23.0 Å². The molecule has 0 amide bonds. The summed E-state index contributed by atoms with van der Waals surface area (Å²) in [6.45, 7) is 0. The monoisotopic (exact) mass is 878 g/mol. The fourth-order valence-electron chi connectivity index (χ4n) is 5.28. The zero-order valence-corrected chi connectivity index (χ0v) is 36.5. The van der Waals surface area contributed by atoms with Gasteiger partial charge in [-0.05, 0) is 35.4 Å². The summed E-state index contributed by atoms with van der Waals surface area (Å²) in [7, 11) is 6.95. The lowest BCUT2D eigenvalue weighted by molar-refractivity contribution is -2.00. The van der Waals surface area contributed by atoms with Crippen LogP contribution in [0.5, 0.6) is 0 Å². The number of benzene rings is 2. The third-order valence-electron chi connectivity index (χ3n) is 7.80. The number of halogens is 2. The summed E-state index contributed by atoms with van der Waals surface area (Å²) in [6.07, 6.45) is 0. The van der Waals surface area contributed by atoms with Crippen LogP contribution >= 0.6 is 45.3 Å². The second kappa shape index (κ2) is 19.3. The Hall–Kier alpha value is -3.56. The lowest BCUT2D eigenvalue weighted by Crippen LogP contribution is -2.68. The minimum Gasteiger partial charge on any atom is -0.369 e. The van der Waals surface area contributed by atoms with Crippen LogP contribution in [-0.2, 0) is 0 Å². The molecule has 0 aliphatic heterocycles. The van der Waals surface area contributed by atoms with Crippen LogP contribution in [0.15, 0.2) is 97.1 Å². The Bertz CT molecular complexity index is 1850. The molecule has 12 nitrogen and oxygen atoms in total. The SMILES string of the molecule is CN(C)c1ccc([C+](c2ccc(-c3ccc([C+](c4ccc(N(C)C)s4)c4ccc(N(C)C)s4)cc3)cc2)c2ccc(N(C)C)s2)s1.[O-][Cl+3]([O-])([O-])[O-].[O-][Cl+3]([O-])([O-])[O-]. The first kappa shape index (κ1) is 45.1. The molecule has 0 atom stereocenters. The van der Waals surface area contributed by atoms with Crippen LogP contribution in [0.25, 0.3) is 11.1 Å². The number of hydrogen-bond acceptors (Lipinski definition) is 16. The molecule has 2 aromatic carbocycles. The summed E-state index contributed by atoms with van der Waals surface area (Å²) in [5.41, 5.74) is 4.90. The van der Waals surface area contributed by atoms with Gasteiger partial charge in [0.15, 0.2) is 0 Å². The molecular formula is C38H40Cl2N4O8S4. The van der Waals surface area contributed by atoms with Crippen molar-refractivity contribution in [3.05, 3.63) is 140 Å². The maximum absolute atomic E-state index is 8.49. The average Bonchev–Trinajstić information content (AvgIpc) is 3.92. The van der Waals surface area contributed by atoms with Gasteiger partial charge in [-0.15, -0.1) is 65.8 Å². The summed E-state index contributed by atoms with van der Waals surface area (Å²) in [4.78, 5) is 13.9. The van der Waals surface area contributed by atoms with Gasteiger partial charge in [-0.1, -0.05) is 0 Å². The summed E-state index contributed by atoms with van der Waals surface area (Å²) < 4.78 is 67.9. The van der Waals surface area contributed by atoms with Crippen molar-refractivity contribution in [2.75, 3.05) is 76.0 Å². The van der Waals surface area contributed by atoms with Gasteiger partial charge in [0.25, 0.3) is 0 Å². The predicted molar refractivity (Wildman–Crippen MR) is 208 cm³/mol. The van der Waals surface area contributed by atoms with Crippen molar-refractivity contribution in [3.8, 4) is 11.1 Å². The Kier molecular flexibility index (Phi) is 15.5. The largest absolute Gasteiger partial charge is 0.369 e. The van der Waals surface area contributed by atoms with Gasteiger partial charge in [0, 0.05) is 129 Å². The Morgan fingerprint density at radius 3 is 0.696 bits per heavy atom. The maximum Gasteiger partial charge on any atom is 0.105 e. The smallest absolute Gasteiger partial charge is 0.105 e. The van der Waals surface area contributed by atoms with Gasteiger partial charge < -0.3 is 19.6 Å². The molecule has 0 aliphatic carbocycles. The highest BCUT2D eigenvalue weighted by molar-refractivity contribution is 7.19. The summed E-state index contributed by atoms with van der Waals surface area (Å²) >= 11 is 7.36. The first-order chi connectivity index (χ1) is 26.1. The molecule has 0 fully saturated rings. The molecule has 0 aliphatic rings. The van der Waals surface area contributed by atoms with Crippen molar-refractivity contribution in [1.29, 1.82) is 0 Å². The van der Waals surface area contributed by atoms with Crippen LogP contribution in [0.4, 0.5) is 20.0 Å². The Morgan fingerprint density at radius 2 is 0.536 bits per heavy atom. The van der Waals surface area contributed by atoms with Crippen LogP contribution in [0, 0.1) is 32.3 Å². The van der Waals surface area contributed by atoms with Crippen molar-refractivity contribution in [3.63, 3.8) is 0 Å². The van der Waals surface area contributed by atoms with E-state index in [-0.39, 0.29) is 0 Å². The van der Waals surface area contributed by atoms with E-state index >= 15 is 0 Å². The molecule has 6 aromatic rings. The topological polar surface area (TPSA) is 197 Å². The molecule has 0 saturated heterocycles. The first-order valence-electron chi connectivity index (χ1n) is 16.4. The summed E-state index contributed by atoms with van der Waals surface area (Å²) in [5, 5.41) is 5.02. The number of thiophene rings is 4. The van der Waals surface area contributed by atoms with E-state index in [1.165, 1.54) is 73.6 Å². The molecule has 6 rings (SSSR count). The van der Waals surface area contributed by atoms with Gasteiger partial charge in [-0.25, -0.2) is 37.3 Å². The van der Waals surface area contributed by atoms with Crippen molar-refractivity contribution in [2.45, 2.75) is 0 Å². The molecule has 298 valence electrons. The lowest BCUT2D eigenvalue weighted by Gasteiger charge is -2.17. The highest BCUT2D eigenvalue weighted by Gasteiger charge is 2.29. The van der Waals surface area contributed by atoms with E-state index in [1.54, 1.807) is 0 Å². The highest BCUT2D eigenvalue weighted by atomic mass is 35.7. The van der Waals surface area contributed by atoms with Crippen LogP contribution in [0.1, 0.15) is 30.6 Å². The van der Waals surface area contributed by atoms with Crippen molar-refractivity contribution in [2.24, 2.45) is 0 Å². The standard InChI is InChI=1S/C38H40N4S4.2ClHO4/c1-39(2)33-21-17-29(43-33)37(30-18-22-34(44-30)40(3)4)27-13-9-25(10-14-27)26-11-15-28(16-12-26)38(31-19-23-35(45-31)41(5)6)32-20-24-36(46-32)42(7)8;2*2-1(3,4)5/h9-24H,1-8H3;2*(H,2,3,4,5)/q+2;;/p-2. The zero-order chi connectivity index (χ0) is 41.5.